The van der Waals surface area contributed by atoms with E-state index in [1.165, 1.54) is 4.90 Å². The number of likely N-dealkylation sites (tertiary alicyclic amines) is 1. The van der Waals surface area contributed by atoms with Gasteiger partial charge in [0.15, 0.2) is 0 Å². The fourth-order valence-corrected chi connectivity index (χ4v) is 3.22. The van der Waals surface area contributed by atoms with Crippen LogP contribution in [0.15, 0.2) is 0 Å². The second-order valence-electron chi connectivity index (χ2n) is 6.46. The van der Waals surface area contributed by atoms with Gasteiger partial charge >= 0.3 is 6.09 Å². The molecule has 7 nitrogen and oxygen atoms in total. The van der Waals surface area contributed by atoms with E-state index in [9.17, 15) is 14.7 Å². The summed E-state index contributed by atoms with van der Waals surface area (Å²) in [6.45, 7) is 7.78. The maximum absolute atomic E-state index is 12.2. The van der Waals surface area contributed by atoms with Crippen molar-refractivity contribution in [3.63, 3.8) is 0 Å². The van der Waals surface area contributed by atoms with Crippen molar-refractivity contribution in [1.82, 2.24) is 14.7 Å². The normalized spacial score (nSPS) is 30.7. The van der Waals surface area contributed by atoms with Gasteiger partial charge in [-0.2, -0.15) is 0 Å². The van der Waals surface area contributed by atoms with Gasteiger partial charge in [-0.15, -0.1) is 0 Å². The molecular weight excluding hydrogens is 286 g/mol. The molecule has 2 heterocycles. The monoisotopic (exact) mass is 313 g/mol. The number of β-amino-alcohol motifs (C(OH)–C–C–N with tert-alkyl or cyclic N) is 1. The number of rotatable bonds is 4. The molecule has 0 aromatic rings. The lowest BCUT2D eigenvalue weighted by atomic mass is 9.96. The van der Waals surface area contributed by atoms with Crippen LogP contribution in [0.3, 0.4) is 0 Å². The Morgan fingerprint density at radius 3 is 2.59 bits per heavy atom. The molecule has 2 rings (SSSR count). The highest BCUT2D eigenvalue weighted by atomic mass is 16.4. The first-order chi connectivity index (χ1) is 10.4. The number of piperidine rings is 1. The smallest absolute Gasteiger partial charge is 0.408 e. The Kier molecular flexibility index (Phi) is 5.63. The lowest BCUT2D eigenvalue weighted by Crippen LogP contribution is -2.57. The summed E-state index contributed by atoms with van der Waals surface area (Å²) in [4.78, 5) is 28.4. The number of hydrogen-bond donors (Lipinski definition) is 2. The largest absolute Gasteiger partial charge is 0.465 e. The van der Waals surface area contributed by atoms with Crippen LogP contribution in [-0.4, -0.2) is 88.3 Å². The van der Waals surface area contributed by atoms with Crippen LogP contribution in [0.5, 0.6) is 0 Å². The van der Waals surface area contributed by atoms with Gasteiger partial charge in [0.1, 0.15) is 6.04 Å². The summed E-state index contributed by atoms with van der Waals surface area (Å²) < 4.78 is 0. The molecule has 2 amide bonds. The average Bonchev–Trinajstić information content (AvgIpc) is 2.47. The zero-order valence-electron chi connectivity index (χ0n) is 13.4. The molecule has 0 radical (unpaired) electrons. The molecule has 2 aliphatic rings. The van der Waals surface area contributed by atoms with Gasteiger partial charge in [0.2, 0.25) is 5.91 Å². The highest BCUT2D eigenvalue weighted by molar-refractivity contribution is 5.86. The molecule has 22 heavy (non-hydrogen) atoms. The van der Waals surface area contributed by atoms with E-state index in [0.29, 0.717) is 32.1 Å². The topological polar surface area (TPSA) is 84.3 Å². The third-order valence-electron chi connectivity index (χ3n) is 4.90. The Bertz CT molecular complexity index is 418. The number of aliphatic hydroxyl groups excluding tert-OH is 1. The van der Waals surface area contributed by atoms with Crippen LogP contribution in [0.2, 0.25) is 0 Å². The van der Waals surface area contributed by atoms with Crippen molar-refractivity contribution < 1.29 is 19.8 Å². The number of piperazine rings is 1. The second kappa shape index (κ2) is 7.28. The third-order valence-corrected chi connectivity index (χ3v) is 4.90. The number of amides is 2. The molecule has 2 saturated heterocycles. The summed E-state index contributed by atoms with van der Waals surface area (Å²) in [6.07, 6.45) is 0.576. The van der Waals surface area contributed by atoms with Gasteiger partial charge in [0, 0.05) is 26.2 Å². The number of nitrogens with zero attached hydrogens (tertiary/aromatic N) is 3. The molecule has 3 atom stereocenters. The van der Waals surface area contributed by atoms with Crippen LogP contribution in [0.4, 0.5) is 4.79 Å². The minimum absolute atomic E-state index is 0.110. The molecule has 0 bridgehead atoms. The van der Waals surface area contributed by atoms with Gasteiger partial charge in [0.05, 0.1) is 6.10 Å². The number of carboxylic acid groups (broad SMARTS) is 1. The lowest BCUT2D eigenvalue weighted by molar-refractivity contribution is -0.139. The SMILES string of the molecule is CC1C(=O)N(CCCN2CC[C@H](C)[C@H](O)C2)CCN1C(=O)O. The molecule has 2 aliphatic heterocycles. The van der Waals surface area contributed by atoms with E-state index in [1.54, 1.807) is 11.8 Å². The first-order valence-electron chi connectivity index (χ1n) is 8.09. The first-order valence-corrected chi connectivity index (χ1v) is 8.09. The summed E-state index contributed by atoms with van der Waals surface area (Å²) in [5.41, 5.74) is 0. The number of carbonyl (C=O) groups excluding carboxylic acids is 1. The second-order valence-corrected chi connectivity index (χ2v) is 6.46. The van der Waals surface area contributed by atoms with E-state index >= 15 is 0 Å². The highest BCUT2D eigenvalue weighted by Gasteiger charge is 2.34. The Morgan fingerprint density at radius 1 is 1.23 bits per heavy atom. The molecule has 7 heteroatoms. The van der Waals surface area contributed by atoms with E-state index < -0.39 is 12.1 Å². The summed E-state index contributed by atoms with van der Waals surface area (Å²) in [7, 11) is 0. The number of carbonyl (C=O) groups is 2. The van der Waals surface area contributed by atoms with Gasteiger partial charge < -0.3 is 20.0 Å². The van der Waals surface area contributed by atoms with Crippen molar-refractivity contribution in [2.24, 2.45) is 5.92 Å². The van der Waals surface area contributed by atoms with Crippen molar-refractivity contribution >= 4 is 12.0 Å². The molecule has 0 aromatic heterocycles. The van der Waals surface area contributed by atoms with Gasteiger partial charge in [0.25, 0.3) is 0 Å². The zero-order chi connectivity index (χ0) is 16.3. The van der Waals surface area contributed by atoms with Crippen LogP contribution < -0.4 is 0 Å². The molecule has 1 unspecified atom stereocenters. The lowest BCUT2D eigenvalue weighted by Gasteiger charge is -2.38. The van der Waals surface area contributed by atoms with Crippen molar-refractivity contribution in [3.05, 3.63) is 0 Å². The molecule has 0 aliphatic carbocycles. The molecule has 2 N–H and O–H groups in total. The Balaban J connectivity index is 1.74. The van der Waals surface area contributed by atoms with E-state index in [2.05, 4.69) is 11.8 Å². The molecule has 0 spiro atoms. The average molecular weight is 313 g/mol. The number of hydrogen-bond acceptors (Lipinski definition) is 4. The molecule has 0 aromatic carbocycles. The predicted octanol–water partition coefficient (Wildman–Crippen LogP) is 0.290. The number of aliphatic hydroxyl groups is 1. The maximum Gasteiger partial charge on any atom is 0.408 e. The van der Waals surface area contributed by atoms with Gasteiger partial charge in [-0.1, -0.05) is 6.92 Å². The maximum atomic E-state index is 12.2. The van der Waals surface area contributed by atoms with Crippen LogP contribution in [0.1, 0.15) is 26.7 Å². The molecule has 0 saturated carbocycles. The van der Waals surface area contributed by atoms with Gasteiger partial charge in [-0.3, -0.25) is 9.69 Å². The predicted molar refractivity (Wildman–Crippen MR) is 81.6 cm³/mol. The van der Waals surface area contributed by atoms with Crippen molar-refractivity contribution in [2.45, 2.75) is 38.8 Å². The zero-order valence-corrected chi connectivity index (χ0v) is 13.4. The van der Waals surface area contributed by atoms with Crippen molar-refractivity contribution in [2.75, 3.05) is 39.3 Å². The Morgan fingerprint density at radius 2 is 1.95 bits per heavy atom. The Hall–Kier alpha value is -1.34. The van der Waals surface area contributed by atoms with E-state index in [4.69, 9.17) is 5.11 Å². The van der Waals surface area contributed by atoms with Crippen molar-refractivity contribution in [3.8, 4) is 0 Å². The first kappa shape index (κ1) is 17.0. The standard InChI is InChI=1S/C15H27N3O4/c1-11-4-7-16(10-13(11)19)5-3-6-17-8-9-18(15(21)22)12(2)14(17)20/h11-13,19H,3-10H2,1-2H3,(H,21,22)/t11-,12?,13+/m0/s1. The molecule has 126 valence electrons. The minimum Gasteiger partial charge on any atom is -0.465 e. The van der Waals surface area contributed by atoms with Gasteiger partial charge in [-0.25, -0.2) is 4.79 Å². The van der Waals surface area contributed by atoms with Crippen molar-refractivity contribution in [1.29, 1.82) is 0 Å². The molecular formula is C15H27N3O4. The highest BCUT2D eigenvalue weighted by Crippen LogP contribution is 2.17. The summed E-state index contributed by atoms with van der Waals surface area (Å²) in [6, 6.07) is -0.594. The van der Waals surface area contributed by atoms with Crippen LogP contribution in [-0.2, 0) is 4.79 Å². The summed E-state index contributed by atoms with van der Waals surface area (Å²) in [5, 5.41) is 18.9. The third kappa shape index (κ3) is 3.89. The quantitative estimate of drug-likeness (QED) is 0.779. The summed E-state index contributed by atoms with van der Waals surface area (Å²) >= 11 is 0. The fraction of sp³-hybridized carbons (Fsp3) is 0.867. The van der Waals surface area contributed by atoms with E-state index in [1.807, 2.05) is 0 Å². The van der Waals surface area contributed by atoms with E-state index in [-0.39, 0.29) is 12.0 Å². The van der Waals surface area contributed by atoms with E-state index in [0.717, 1.165) is 25.9 Å². The van der Waals surface area contributed by atoms with Crippen LogP contribution >= 0.6 is 0 Å². The van der Waals surface area contributed by atoms with Crippen LogP contribution in [0, 0.1) is 5.92 Å². The molecule has 2 fully saturated rings. The fourth-order valence-electron chi connectivity index (χ4n) is 3.22. The minimum atomic E-state index is -1.03. The van der Waals surface area contributed by atoms with Gasteiger partial charge in [-0.05, 0) is 38.8 Å². The summed E-state index contributed by atoms with van der Waals surface area (Å²) in [5.74, 6) is 0.253. The Labute approximate surface area is 131 Å². The van der Waals surface area contributed by atoms with Crippen LogP contribution in [0.25, 0.3) is 0 Å².